The van der Waals surface area contributed by atoms with Gasteiger partial charge in [-0.3, -0.25) is 14.6 Å². The Kier molecular flexibility index (Phi) is 8.74. The SMILES string of the molecule is CCOC(=O)C1=C(CN2CCCN(C(=O)c3ccc(Cl)cc3)CC2)N(C)C(=O)NC1c1ccc(Cl)cc1. The number of amides is 3. The second kappa shape index (κ2) is 12.0. The summed E-state index contributed by atoms with van der Waals surface area (Å²) in [6.45, 7) is 4.79. The Bertz CT molecular complexity index is 1180. The number of hydrogen-bond donors (Lipinski definition) is 1. The predicted molar refractivity (Wildman–Crippen MR) is 143 cm³/mol. The molecule has 0 spiro atoms. The predicted octanol–water partition coefficient (Wildman–Crippen LogP) is 4.35. The zero-order valence-corrected chi connectivity index (χ0v) is 22.4. The molecule has 2 aromatic rings. The first kappa shape index (κ1) is 27.0. The van der Waals surface area contributed by atoms with Gasteiger partial charge in [0.25, 0.3) is 5.91 Å². The van der Waals surface area contributed by atoms with Crippen molar-refractivity contribution in [2.45, 2.75) is 19.4 Å². The van der Waals surface area contributed by atoms with E-state index in [0.717, 1.165) is 12.0 Å². The van der Waals surface area contributed by atoms with Crippen molar-refractivity contribution in [1.29, 1.82) is 0 Å². The molecule has 0 aliphatic carbocycles. The van der Waals surface area contributed by atoms with Gasteiger partial charge in [0.05, 0.1) is 18.2 Å². The van der Waals surface area contributed by atoms with E-state index in [1.54, 1.807) is 62.5 Å². The molecule has 2 aliphatic heterocycles. The van der Waals surface area contributed by atoms with Crippen LogP contribution in [0.1, 0.15) is 35.3 Å². The molecule has 1 unspecified atom stereocenters. The summed E-state index contributed by atoms with van der Waals surface area (Å²) in [6.07, 6.45) is 0.762. The van der Waals surface area contributed by atoms with E-state index in [-0.39, 0.29) is 18.5 Å². The molecule has 3 amide bonds. The monoisotopic (exact) mass is 544 g/mol. The number of carbonyl (C=O) groups excluding carboxylic acids is 3. The Morgan fingerprint density at radius 1 is 0.973 bits per heavy atom. The number of nitrogens with zero attached hydrogens (tertiary/aromatic N) is 3. The number of ether oxygens (including phenoxy) is 1. The first-order chi connectivity index (χ1) is 17.8. The van der Waals surface area contributed by atoms with Crippen LogP contribution < -0.4 is 5.32 Å². The number of nitrogens with one attached hydrogen (secondary N) is 1. The highest BCUT2D eigenvalue weighted by atomic mass is 35.5. The van der Waals surface area contributed by atoms with Crippen LogP contribution in [0.2, 0.25) is 10.0 Å². The second-order valence-corrected chi connectivity index (χ2v) is 9.88. The topological polar surface area (TPSA) is 82.2 Å². The van der Waals surface area contributed by atoms with E-state index in [0.29, 0.717) is 59.6 Å². The van der Waals surface area contributed by atoms with Gasteiger partial charge in [0.1, 0.15) is 0 Å². The minimum atomic E-state index is -0.662. The van der Waals surface area contributed by atoms with Crippen LogP contribution in [0.4, 0.5) is 4.79 Å². The van der Waals surface area contributed by atoms with Gasteiger partial charge in [-0.15, -0.1) is 0 Å². The lowest BCUT2D eigenvalue weighted by molar-refractivity contribution is -0.139. The van der Waals surface area contributed by atoms with Gasteiger partial charge in [0, 0.05) is 61.1 Å². The second-order valence-electron chi connectivity index (χ2n) is 9.00. The standard InChI is InChI=1S/C27H30Cl2N4O4/c1-3-37-26(35)23-22(31(2)27(36)30-24(23)18-5-9-20(28)10-6-18)17-32-13-4-14-33(16-15-32)25(34)19-7-11-21(29)12-8-19/h5-12,24H,3-4,13-17H2,1-2H3,(H,30,36). The summed E-state index contributed by atoms with van der Waals surface area (Å²) in [4.78, 5) is 44.6. The summed E-state index contributed by atoms with van der Waals surface area (Å²) in [5.41, 5.74) is 2.31. The molecule has 1 saturated heterocycles. The number of urea groups is 1. The number of halogens is 2. The molecule has 0 saturated carbocycles. The van der Waals surface area contributed by atoms with Crippen molar-refractivity contribution < 1.29 is 19.1 Å². The number of hydrogen-bond acceptors (Lipinski definition) is 5. The third-order valence-electron chi connectivity index (χ3n) is 6.62. The zero-order chi connectivity index (χ0) is 26.5. The smallest absolute Gasteiger partial charge is 0.338 e. The van der Waals surface area contributed by atoms with E-state index in [9.17, 15) is 14.4 Å². The fourth-order valence-electron chi connectivity index (χ4n) is 4.62. The lowest BCUT2D eigenvalue weighted by Gasteiger charge is -2.36. The Hall–Kier alpha value is -3.07. The maximum atomic E-state index is 13.2. The number of esters is 1. The highest BCUT2D eigenvalue weighted by molar-refractivity contribution is 6.30. The van der Waals surface area contributed by atoms with Crippen LogP contribution in [0.25, 0.3) is 0 Å². The van der Waals surface area contributed by atoms with E-state index in [2.05, 4.69) is 10.2 Å². The number of carbonyl (C=O) groups is 3. The van der Waals surface area contributed by atoms with Gasteiger partial charge in [0.15, 0.2) is 0 Å². The van der Waals surface area contributed by atoms with E-state index < -0.39 is 12.0 Å². The van der Waals surface area contributed by atoms with Crippen LogP contribution in [0.5, 0.6) is 0 Å². The average Bonchev–Trinajstić information content (AvgIpc) is 3.13. The largest absolute Gasteiger partial charge is 0.463 e. The zero-order valence-electron chi connectivity index (χ0n) is 20.9. The summed E-state index contributed by atoms with van der Waals surface area (Å²) < 4.78 is 5.41. The molecule has 1 atom stereocenters. The molecule has 0 bridgehead atoms. The average molecular weight is 545 g/mol. The van der Waals surface area contributed by atoms with Gasteiger partial charge < -0.3 is 15.0 Å². The van der Waals surface area contributed by atoms with Crippen molar-refractivity contribution in [2.24, 2.45) is 0 Å². The normalized spacial score (nSPS) is 18.9. The third-order valence-corrected chi connectivity index (χ3v) is 7.12. The van der Waals surface area contributed by atoms with Crippen LogP contribution in [0.3, 0.4) is 0 Å². The number of likely N-dealkylation sites (N-methyl/N-ethyl adjacent to an activating group) is 1. The first-order valence-corrected chi connectivity index (χ1v) is 13.0. The first-order valence-electron chi connectivity index (χ1n) is 12.3. The quantitative estimate of drug-likeness (QED) is 0.546. The Labute approximate surface area is 226 Å². The Morgan fingerprint density at radius 2 is 1.62 bits per heavy atom. The minimum absolute atomic E-state index is 0.0399. The van der Waals surface area contributed by atoms with Gasteiger partial charge in [-0.05, 0) is 55.3 Å². The summed E-state index contributed by atoms with van der Waals surface area (Å²) in [6, 6.07) is 13.0. The third kappa shape index (κ3) is 6.26. The Morgan fingerprint density at radius 3 is 2.27 bits per heavy atom. The minimum Gasteiger partial charge on any atom is -0.463 e. The van der Waals surface area contributed by atoms with E-state index >= 15 is 0 Å². The summed E-state index contributed by atoms with van der Waals surface area (Å²) in [5.74, 6) is -0.513. The molecular weight excluding hydrogens is 515 g/mol. The summed E-state index contributed by atoms with van der Waals surface area (Å²) in [7, 11) is 1.65. The van der Waals surface area contributed by atoms with Gasteiger partial charge in [-0.1, -0.05) is 35.3 Å². The lowest BCUT2D eigenvalue weighted by atomic mass is 9.94. The molecule has 1 N–H and O–H groups in total. The molecule has 2 heterocycles. The van der Waals surface area contributed by atoms with Crippen molar-refractivity contribution >= 4 is 41.1 Å². The van der Waals surface area contributed by atoms with Crippen molar-refractivity contribution in [3.63, 3.8) is 0 Å². The van der Waals surface area contributed by atoms with E-state index in [1.807, 2.05) is 4.90 Å². The maximum Gasteiger partial charge on any atom is 0.338 e. The number of benzene rings is 2. The van der Waals surface area contributed by atoms with Crippen LogP contribution in [-0.2, 0) is 9.53 Å². The van der Waals surface area contributed by atoms with Crippen LogP contribution in [0.15, 0.2) is 59.8 Å². The fraction of sp³-hybridized carbons (Fsp3) is 0.370. The molecule has 0 aromatic heterocycles. The Balaban J connectivity index is 1.58. The number of rotatable bonds is 6. The van der Waals surface area contributed by atoms with Crippen LogP contribution in [-0.4, -0.2) is 79.0 Å². The highest BCUT2D eigenvalue weighted by Gasteiger charge is 2.37. The fourth-order valence-corrected chi connectivity index (χ4v) is 4.87. The molecule has 10 heteroatoms. The van der Waals surface area contributed by atoms with Crippen LogP contribution >= 0.6 is 23.2 Å². The molecule has 196 valence electrons. The van der Waals surface area contributed by atoms with Crippen molar-refractivity contribution in [3.8, 4) is 0 Å². The van der Waals surface area contributed by atoms with Gasteiger partial charge in [-0.25, -0.2) is 9.59 Å². The van der Waals surface area contributed by atoms with Gasteiger partial charge in [-0.2, -0.15) is 0 Å². The summed E-state index contributed by atoms with van der Waals surface area (Å²) >= 11 is 12.0. The van der Waals surface area contributed by atoms with E-state index in [4.69, 9.17) is 27.9 Å². The molecule has 2 aromatic carbocycles. The van der Waals surface area contributed by atoms with Crippen LogP contribution in [0, 0.1) is 0 Å². The van der Waals surface area contributed by atoms with E-state index in [1.165, 1.54) is 4.90 Å². The van der Waals surface area contributed by atoms with Crippen molar-refractivity contribution in [2.75, 3.05) is 46.4 Å². The lowest BCUT2D eigenvalue weighted by Crippen LogP contribution is -2.49. The molecule has 1 fully saturated rings. The molecule has 37 heavy (non-hydrogen) atoms. The molecular formula is C27H30Cl2N4O4. The van der Waals surface area contributed by atoms with Gasteiger partial charge >= 0.3 is 12.0 Å². The maximum absolute atomic E-state index is 13.2. The van der Waals surface area contributed by atoms with Gasteiger partial charge in [0.2, 0.25) is 0 Å². The van der Waals surface area contributed by atoms with Crippen molar-refractivity contribution in [1.82, 2.24) is 20.0 Å². The molecule has 2 aliphatic rings. The summed E-state index contributed by atoms with van der Waals surface area (Å²) in [5, 5.41) is 4.07. The van der Waals surface area contributed by atoms with Crippen molar-refractivity contribution in [3.05, 3.63) is 81.0 Å². The highest BCUT2D eigenvalue weighted by Crippen LogP contribution is 2.32. The molecule has 0 radical (unpaired) electrons. The molecule has 4 rings (SSSR count). The molecule has 8 nitrogen and oxygen atoms in total.